The van der Waals surface area contributed by atoms with Gasteiger partial charge in [-0.05, 0) is 31.2 Å². The van der Waals surface area contributed by atoms with Crippen molar-refractivity contribution in [2.45, 2.75) is 6.92 Å². The number of carbonyl (C=O) groups excluding carboxylic acids is 1. The molecule has 0 fully saturated rings. The van der Waals surface area contributed by atoms with Gasteiger partial charge in [0.05, 0.1) is 124 Å². The maximum absolute atomic E-state index is 11.6. The first-order chi connectivity index (χ1) is 19.3. The number of aliphatic hydroxyl groups excluding tert-OH is 1. The molecule has 1 N–H and O–H groups in total. The third-order valence-corrected chi connectivity index (χ3v) is 4.70. The number of aliphatic hydroxyl groups is 1. The van der Waals surface area contributed by atoms with E-state index in [9.17, 15) is 4.79 Å². The standard InChI is InChI=1S/C27H46O12/c1-2-38-27(29)25-3-5-26(6-4-25)39-24-23-37-22-21-36-20-19-35-18-17-34-16-15-33-14-13-32-12-11-31-10-9-30-8-7-28/h3-6,28H,2,7-24H2,1H3. The van der Waals surface area contributed by atoms with Gasteiger partial charge in [-0.2, -0.15) is 0 Å². The Hall–Kier alpha value is -1.87. The lowest BCUT2D eigenvalue weighted by Crippen LogP contribution is -2.15. The van der Waals surface area contributed by atoms with Crippen LogP contribution in [0.25, 0.3) is 0 Å². The van der Waals surface area contributed by atoms with Gasteiger partial charge in [-0.1, -0.05) is 0 Å². The molecule has 12 nitrogen and oxygen atoms in total. The molecule has 0 amide bonds. The van der Waals surface area contributed by atoms with Gasteiger partial charge in [-0.15, -0.1) is 0 Å². The van der Waals surface area contributed by atoms with Crippen molar-refractivity contribution in [3.05, 3.63) is 29.8 Å². The van der Waals surface area contributed by atoms with Crippen molar-refractivity contribution in [2.75, 3.05) is 126 Å². The van der Waals surface area contributed by atoms with Gasteiger partial charge < -0.3 is 52.5 Å². The Morgan fingerprint density at radius 2 is 0.872 bits per heavy atom. The molecule has 1 aromatic rings. The number of benzene rings is 1. The van der Waals surface area contributed by atoms with Gasteiger partial charge in [-0.3, -0.25) is 0 Å². The minimum absolute atomic E-state index is 0.0227. The summed E-state index contributed by atoms with van der Waals surface area (Å²) in [6.07, 6.45) is 0. The van der Waals surface area contributed by atoms with Crippen molar-refractivity contribution >= 4 is 5.97 Å². The molecule has 0 bridgehead atoms. The summed E-state index contributed by atoms with van der Waals surface area (Å²) in [7, 11) is 0. The van der Waals surface area contributed by atoms with E-state index in [1.807, 2.05) is 0 Å². The second-order valence-electron chi connectivity index (χ2n) is 7.72. The lowest BCUT2D eigenvalue weighted by molar-refractivity contribution is -0.0242. The molecule has 0 saturated carbocycles. The van der Waals surface area contributed by atoms with Gasteiger partial charge >= 0.3 is 5.97 Å². The minimum atomic E-state index is -0.344. The van der Waals surface area contributed by atoms with Gasteiger partial charge in [0.25, 0.3) is 0 Å². The summed E-state index contributed by atoms with van der Waals surface area (Å²) in [6.45, 7) is 10.2. The molecule has 12 heteroatoms. The molecule has 0 aliphatic carbocycles. The first kappa shape index (κ1) is 35.2. The Bertz CT molecular complexity index is 659. The van der Waals surface area contributed by atoms with E-state index in [4.69, 9.17) is 52.5 Å². The van der Waals surface area contributed by atoms with E-state index in [1.54, 1.807) is 31.2 Å². The molecule has 226 valence electrons. The molecule has 1 rings (SSSR count). The quantitative estimate of drug-likeness (QED) is 0.112. The molecule has 0 atom stereocenters. The van der Waals surface area contributed by atoms with Crippen molar-refractivity contribution in [3.8, 4) is 5.75 Å². The Morgan fingerprint density at radius 1 is 0.538 bits per heavy atom. The van der Waals surface area contributed by atoms with Crippen LogP contribution in [0, 0.1) is 0 Å². The fraction of sp³-hybridized carbons (Fsp3) is 0.741. The first-order valence-corrected chi connectivity index (χ1v) is 13.4. The van der Waals surface area contributed by atoms with Crippen LogP contribution in [0.15, 0.2) is 24.3 Å². The molecule has 0 saturated heterocycles. The second kappa shape index (κ2) is 27.7. The molecular formula is C27H46O12. The van der Waals surface area contributed by atoms with Crippen LogP contribution >= 0.6 is 0 Å². The Kier molecular flexibility index (Phi) is 25.0. The maximum Gasteiger partial charge on any atom is 0.338 e. The first-order valence-electron chi connectivity index (χ1n) is 13.4. The Labute approximate surface area is 231 Å². The molecule has 39 heavy (non-hydrogen) atoms. The van der Waals surface area contributed by atoms with Crippen LogP contribution in [0.1, 0.15) is 17.3 Å². The van der Waals surface area contributed by atoms with Crippen LogP contribution in [0.2, 0.25) is 0 Å². The number of rotatable bonds is 29. The number of esters is 1. The summed E-state index contributed by atoms with van der Waals surface area (Å²) in [4.78, 5) is 11.6. The molecule has 0 spiro atoms. The predicted octanol–water partition coefficient (Wildman–Crippen LogP) is 1.37. The van der Waals surface area contributed by atoms with Crippen LogP contribution in [-0.2, 0) is 42.6 Å². The van der Waals surface area contributed by atoms with Crippen LogP contribution in [0.4, 0.5) is 0 Å². The summed E-state index contributed by atoms with van der Waals surface area (Å²) >= 11 is 0. The average Bonchev–Trinajstić information content (AvgIpc) is 2.95. The Balaban J connectivity index is 1.72. The molecule has 0 aliphatic heterocycles. The minimum Gasteiger partial charge on any atom is -0.491 e. The summed E-state index contributed by atoms with van der Waals surface area (Å²) in [6, 6.07) is 6.80. The lowest BCUT2D eigenvalue weighted by atomic mass is 10.2. The van der Waals surface area contributed by atoms with E-state index >= 15 is 0 Å². The molecule has 0 aliphatic rings. The zero-order valence-electron chi connectivity index (χ0n) is 23.2. The average molecular weight is 563 g/mol. The summed E-state index contributed by atoms with van der Waals surface area (Å²) in [5, 5.41) is 8.56. The zero-order valence-corrected chi connectivity index (χ0v) is 23.2. The van der Waals surface area contributed by atoms with Crippen molar-refractivity contribution in [3.63, 3.8) is 0 Å². The number of carbonyl (C=O) groups is 1. The molecule has 1 aromatic carbocycles. The smallest absolute Gasteiger partial charge is 0.338 e. The normalized spacial score (nSPS) is 11.1. The van der Waals surface area contributed by atoms with Gasteiger partial charge in [0, 0.05) is 0 Å². The van der Waals surface area contributed by atoms with Gasteiger partial charge in [0.15, 0.2) is 0 Å². The van der Waals surface area contributed by atoms with Crippen LogP contribution in [0.5, 0.6) is 5.75 Å². The fourth-order valence-corrected chi connectivity index (χ4v) is 2.83. The predicted molar refractivity (Wildman–Crippen MR) is 142 cm³/mol. The number of hydrogen-bond donors (Lipinski definition) is 1. The fourth-order valence-electron chi connectivity index (χ4n) is 2.83. The van der Waals surface area contributed by atoms with Crippen LogP contribution < -0.4 is 4.74 Å². The maximum atomic E-state index is 11.6. The molecule has 0 aromatic heterocycles. The summed E-state index contributed by atoms with van der Waals surface area (Å²) < 4.78 is 53.5. The topological polar surface area (TPSA) is 130 Å². The molecule has 0 heterocycles. The van der Waals surface area contributed by atoms with Crippen molar-refractivity contribution in [1.82, 2.24) is 0 Å². The highest BCUT2D eigenvalue weighted by molar-refractivity contribution is 5.89. The highest BCUT2D eigenvalue weighted by Gasteiger charge is 2.05. The van der Waals surface area contributed by atoms with Gasteiger partial charge in [0.1, 0.15) is 12.4 Å². The Morgan fingerprint density at radius 3 is 1.21 bits per heavy atom. The third kappa shape index (κ3) is 22.6. The van der Waals surface area contributed by atoms with Crippen LogP contribution in [0.3, 0.4) is 0 Å². The van der Waals surface area contributed by atoms with Crippen LogP contribution in [-0.4, -0.2) is 137 Å². The number of ether oxygens (including phenoxy) is 10. The van der Waals surface area contributed by atoms with Crippen molar-refractivity contribution in [2.24, 2.45) is 0 Å². The highest BCUT2D eigenvalue weighted by atomic mass is 16.6. The molecule has 0 unspecified atom stereocenters. The van der Waals surface area contributed by atoms with E-state index in [0.29, 0.717) is 130 Å². The van der Waals surface area contributed by atoms with Gasteiger partial charge in [0.2, 0.25) is 0 Å². The SMILES string of the molecule is CCOC(=O)c1ccc(OCCOCCOCCOCCOCCOCCOCCOCCOCCO)cc1. The van der Waals surface area contributed by atoms with Gasteiger partial charge in [-0.25, -0.2) is 4.79 Å². The van der Waals surface area contributed by atoms with E-state index < -0.39 is 0 Å². The second-order valence-corrected chi connectivity index (χ2v) is 7.72. The van der Waals surface area contributed by atoms with E-state index in [1.165, 1.54) is 0 Å². The van der Waals surface area contributed by atoms with Crippen molar-refractivity contribution in [1.29, 1.82) is 0 Å². The van der Waals surface area contributed by atoms with E-state index in [0.717, 1.165) is 0 Å². The van der Waals surface area contributed by atoms with Crippen molar-refractivity contribution < 1.29 is 57.3 Å². The highest BCUT2D eigenvalue weighted by Crippen LogP contribution is 2.12. The lowest BCUT2D eigenvalue weighted by Gasteiger charge is -2.09. The molecule has 0 radical (unpaired) electrons. The summed E-state index contributed by atoms with van der Waals surface area (Å²) in [5.41, 5.74) is 0.495. The van der Waals surface area contributed by atoms with E-state index in [-0.39, 0.29) is 12.6 Å². The van der Waals surface area contributed by atoms with E-state index in [2.05, 4.69) is 0 Å². The third-order valence-electron chi connectivity index (χ3n) is 4.70. The largest absolute Gasteiger partial charge is 0.491 e. The number of hydrogen-bond acceptors (Lipinski definition) is 12. The summed E-state index contributed by atoms with van der Waals surface area (Å²) in [5.74, 6) is 0.321. The molecular weight excluding hydrogens is 516 g/mol. The monoisotopic (exact) mass is 562 g/mol. The zero-order chi connectivity index (χ0) is 28.1.